The van der Waals surface area contributed by atoms with Crippen LogP contribution in [0.1, 0.15) is 116 Å². The van der Waals surface area contributed by atoms with E-state index < -0.39 is 219 Å². The highest BCUT2D eigenvalue weighted by Gasteiger charge is 2.42. The van der Waals surface area contributed by atoms with Gasteiger partial charge in [0.2, 0.25) is 88.6 Å². The Labute approximate surface area is 659 Å². The van der Waals surface area contributed by atoms with Gasteiger partial charge in [-0.1, -0.05) is 127 Å². The van der Waals surface area contributed by atoms with Gasteiger partial charge in [-0.2, -0.15) is 0 Å². The van der Waals surface area contributed by atoms with Crippen molar-refractivity contribution in [3.8, 4) is 0 Å². The number of H-pyrrole nitrogens is 1. The van der Waals surface area contributed by atoms with E-state index in [1.807, 2.05) is 0 Å². The number of nitrogens with zero attached hydrogens (tertiary/aromatic N) is 1. The van der Waals surface area contributed by atoms with Crippen LogP contribution >= 0.6 is 0 Å². The highest BCUT2D eigenvalue weighted by Crippen LogP contribution is 2.23. The minimum atomic E-state index is -2.01. The van der Waals surface area contributed by atoms with Crippen molar-refractivity contribution in [2.24, 2.45) is 23.5 Å². The molecule has 1 aromatic heterocycles. The first kappa shape index (κ1) is 91.4. The maximum atomic E-state index is 14.8. The van der Waals surface area contributed by atoms with Gasteiger partial charge in [0, 0.05) is 42.9 Å². The number of aliphatic hydroxyl groups excluding tert-OH is 3. The van der Waals surface area contributed by atoms with Gasteiger partial charge in [0.05, 0.1) is 45.9 Å². The van der Waals surface area contributed by atoms with Gasteiger partial charge in [0.1, 0.15) is 72.5 Å². The number of para-hydroxylation sites is 1. The number of carboxylic acids is 1. The van der Waals surface area contributed by atoms with Crippen molar-refractivity contribution < 1.29 is 97.1 Å². The second-order valence-corrected chi connectivity index (χ2v) is 29.1. The van der Waals surface area contributed by atoms with Crippen LogP contribution in [0.15, 0.2) is 91.1 Å². The number of benzene rings is 3. The summed E-state index contributed by atoms with van der Waals surface area (Å²) in [5.41, 5.74) is 8.04. The van der Waals surface area contributed by atoms with Gasteiger partial charge >= 0.3 is 5.97 Å². The summed E-state index contributed by atoms with van der Waals surface area (Å²) in [5, 5.41) is 76.7. The van der Waals surface area contributed by atoms with Gasteiger partial charge in [-0.05, 0) is 92.0 Å². The third-order valence-corrected chi connectivity index (χ3v) is 19.2. The number of rotatable bonds is 34. The van der Waals surface area contributed by atoms with Gasteiger partial charge in [-0.3, -0.25) is 71.9 Å². The van der Waals surface area contributed by atoms with Crippen LogP contribution < -0.4 is 80.2 Å². The molecule has 0 radical (unpaired) electrons. The maximum Gasteiger partial charge on any atom is 0.326 e. The molecule has 6 rings (SSSR count). The Balaban J connectivity index is 1.22. The quantitative estimate of drug-likeness (QED) is 0.0196. The number of unbranched alkanes of at least 4 members (excludes halogenated alkanes) is 1. The van der Waals surface area contributed by atoms with Crippen LogP contribution in [0.3, 0.4) is 0 Å². The smallest absolute Gasteiger partial charge is 0.326 e. The standard InChI is InChI=1S/C77H109N17O20/c1-7-44(6)65-75(111)89-55(34-61(98)80-36-62(99)84-52(31-45-19-10-8-11-20-45)66(102)81-38-64(101)85-57(39-95)71(107)86-50(25-16-17-27-78)76(112)94-28-18-26-60(94)74(110)93-65)70(106)92-58(40-96)72(108)87-53(32-46-21-12-9-13-22-46)67(103)82-37-63(100)83-51(29-42(2)3)68(104)91-59(41-97)73(109)88-54(69(105)90-56(77(113)114)30-43(4)5)33-47-35-79-49-24-15-14-23-48(47)49/h8-15,19-24,35,42-44,50-60,65,79,95-97H,7,16-18,25-34,36-41,78H2,1-6H3,(H,80,98)(H,81,102)(H,82,103)(H,83,100)(H,84,99)(H,85,101)(H,86,107)(H,87,108)(H,88,109)(H,89,111)(H,90,105)(H,91,104)(H,92,106)(H,93,110)(H,113,114). The van der Waals surface area contributed by atoms with E-state index in [0.717, 1.165) is 0 Å². The molecule has 0 spiro atoms. The molecule has 0 saturated carbocycles. The van der Waals surface area contributed by atoms with Crippen molar-refractivity contribution in [2.45, 2.75) is 191 Å². The molecule has 37 nitrogen and oxygen atoms in total. The molecule has 0 aliphatic carbocycles. The van der Waals surface area contributed by atoms with E-state index in [0.29, 0.717) is 40.4 Å². The van der Waals surface area contributed by atoms with Crippen molar-refractivity contribution in [1.82, 2.24) is 84.3 Å². The molecule has 2 aliphatic rings. The minimum absolute atomic E-state index is 0.00293. The molecule has 622 valence electrons. The number of hydrogen-bond donors (Lipinski definition) is 20. The monoisotopic (exact) mass is 1590 g/mol. The fourth-order valence-corrected chi connectivity index (χ4v) is 12.9. The van der Waals surface area contributed by atoms with Crippen molar-refractivity contribution in [3.05, 3.63) is 108 Å². The number of nitrogens with two attached hydrogens (primary N) is 1. The number of aliphatic hydroxyl groups is 3. The van der Waals surface area contributed by atoms with Crippen LogP contribution in [0.4, 0.5) is 0 Å². The number of fused-ring (bicyclic) bond motifs is 2. The Kier molecular flexibility index (Phi) is 36.8. The molecular weight excluding hydrogens is 1480 g/mol. The SMILES string of the molecule is CCC(C)C1NC(=O)C2CCCN2C(=O)C(CCCCN)NC(=O)C(CO)NC(=O)CNC(=O)C(Cc2ccccc2)NC(=O)CNC(=O)CC(C(=O)NC(CO)C(=O)NC(Cc2ccccc2)C(=O)NCC(=O)NC(CC(C)C)C(=O)NC(CO)C(=O)NC(Cc2c[nH]c3ccccc23)C(=O)NC(CC(C)C)C(=O)O)NC1=O. The second-order valence-electron chi connectivity index (χ2n) is 29.1. The molecule has 13 atom stereocenters. The number of nitrogens with one attached hydrogen (secondary N) is 15. The molecule has 114 heavy (non-hydrogen) atoms. The van der Waals surface area contributed by atoms with E-state index in [1.54, 1.807) is 133 Å². The molecule has 2 aliphatic heterocycles. The summed E-state index contributed by atoms with van der Waals surface area (Å²) in [4.78, 5) is 228. The molecule has 2 saturated heterocycles. The van der Waals surface area contributed by atoms with Gasteiger partial charge < -0.3 is 110 Å². The Morgan fingerprint density at radius 3 is 1.73 bits per heavy atom. The van der Waals surface area contributed by atoms with Gasteiger partial charge in [0.15, 0.2) is 0 Å². The zero-order valence-corrected chi connectivity index (χ0v) is 64.8. The lowest BCUT2D eigenvalue weighted by molar-refractivity contribution is -0.143. The molecule has 13 unspecified atom stereocenters. The third kappa shape index (κ3) is 28.6. The molecule has 15 amide bonds. The third-order valence-electron chi connectivity index (χ3n) is 19.2. The van der Waals surface area contributed by atoms with Gasteiger partial charge in [-0.15, -0.1) is 0 Å². The summed E-state index contributed by atoms with van der Waals surface area (Å²) < 4.78 is 0. The van der Waals surface area contributed by atoms with Crippen LogP contribution in [-0.2, 0) is 96.0 Å². The van der Waals surface area contributed by atoms with Crippen LogP contribution in [0.2, 0.25) is 0 Å². The number of aromatic amines is 1. The Morgan fingerprint density at radius 2 is 1.11 bits per heavy atom. The molecule has 37 heteroatoms. The van der Waals surface area contributed by atoms with Crippen molar-refractivity contribution in [1.29, 1.82) is 0 Å². The normalized spacial score (nSPS) is 20.3. The summed E-state index contributed by atoms with van der Waals surface area (Å²) >= 11 is 0. The highest BCUT2D eigenvalue weighted by molar-refractivity contribution is 6.01. The molecule has 0 bridgehead atoms. The van der Waals surface area contributed by atoms with Crippen molar-refractivity contribution in [2.75, 3.05) is 52.5 Å². The van der Waals surface area contributed by atoms with E-state index in [-0.39, 0.29) is 82.7 Å². The average Bonchev–Trinajstić information content (AvgIpc) is 1.65. The molecule has 3 aromatic carbocycles. The second kappa shape index (κ2) is 45.9. The molecule has 4 aromatic rings. The summed E-state index contributed by atoms with van der Waals surface area (Å²) in [6.07, 6.45) is 1.28. The zero-order valence-electron chi connectivity index (χ0n) is 64.8. The van der Waals surface area contributed by atoms with Crippen molar-refractivity contribution in [3.63, 3.8) is 0 Å². The van der Waals surface area contributed by atoms with E-state index in [2.05, 4.69) is 79.4 Å². The van der Waals surface area contributed by atoms with Crippen molar-refractivity contribution >= 4 is 105 Å². The Hall–Kier alpha value is -11.4. The number of hydrogen-bond acceptors (Lipinski definition) is 20. The van der Waals surface area contributed by atoms with E-state index in [9.17, 15) is 97.1 Å². The van der Waals surface area contributed by atoms with E-state index in [1.165, 1.54) is 4.90 Å². The molecule has 21 N–H and O–H groups in total. The summed E-state index contributed by atoms with van der Waals surface area (Å²) in [6, 6.07) is 4.81. The Bertz CT molecular complexity index is 4000. The first-order chi connectivity index (χ1) is 54.4. The number of carboxylic acid groups (broad SMARTS) is 1. The van der Waals surface area contributed by atoms with Gasteiger partial charge in [-0.25, -0.2) is 4.79 Å². The number of amides is 15. The van der Waals surface area contributed by atoms with Crippen LogP contribution in [0.5, 0.6) is 0 Å². The van der Waals surface area contributed by atoms with E-state index in [4.69, 9.17) is 5.73 Å². The predicted molar refractivity (Wildman–Crippen MR) is 412 cm³/mol. The van der Waals surface area contributed by atoms with Crippen LogP contribution in [0, 0.1) is 17.8 Å². The molecular formula is C77H109N17O20. The number of carbonyl (C=O) groups excluding carboxylic acids is 15. The largest absolute Gasteiger partial charge is 0.480 e. The highest BCUT2D eigenvalue weighted by atomic mass is 16.4. The minimum Gasteiger partial charge on any atom is -0.480 e. The topological polar surface area (TPSA) is 568 Å². The first-order valence-electron chi connectivity index (χ1n) is 38.2. The van der Waals surface area contributed by atoms with Gasteiger partial charge in [0.25, 0.3) is 0 Å². The number of aliphatic carboxylic acids is 1. The summed E-state index contributed by atoms with van der Waals surface area (Å²) in [6.45, 7) is 4.79. The summed E-state index contributed by atoms with van der Waals surface area (Å²) in [7, 11) is 0. The fraction of sp³-hybridized carbons (Fsp3) is 0.532. The first-order valence-corrected chi connectivity index (χ1v) is 38.2. The average molecular weight is 1590 g/mol. The number of aromatic nitrogens is 1. The zero-order chi connectivity index (χ0) is 83.7. The lowest BCUT2D eigenvalue weighted by atomic mass is 9.97. The number of carbonyl (C=O) groups is 16. The fourth-order valence-electron chi connectivity index (χ4n) is 12.9. The lowest BCUT2D eigenvalue weighted by Gasteiger charge is -2.32. The maximum absolute atomic E-state index is 14.8. The van der Waals surface area contributed by atoms with Crippen LogP contribution in [0.25, 0.3) is 10.9 Å². The predicted octanol–water partition coefficient (Wildman–Crippen LogP) is -4.40. The van der Waals surface area contributed by atoms with E-state index >= 15 is 0 Å². The molecule has 3 heterocycles. The summed E-state index contributed by atoms with van der Waals surface area (Å²) in [5.74, 6) is -17.5. The van der Waals surface area contributed by atoms with Crippen LogP contribution in [-0.4, -0.2) is 250 Å². The Morgan fingerprint density at radius 1 is 0.553 bits per heavy atom. The molecule has 2 fully saturated rings. The lowest BCUT2D eigenvalue weighted by Crippen LogP contribution is -2.62.